The minimum atomic E-state index is -0.429. The van der Waals surface area contributed by atoms with Crippen molar-refractivity contribution in [1.82, 2.24) is 15.8 Å². The summed E-state index contributed by atoms with van der Waals surface area (Å²) in [5.74, 6) is -1.09. The molecule has 2 aromatic rings. The molecule has 4 amide bonds. The van der Waals surface area contributed by atoms with Crippen molar-refractivity contribution in [3.8, 4) is 0 Å². The number of imide groups is 1. The van der Waals surface area contributed by atoms with E-state index in [1.807, 2.05) is 6.07 Å². The number of nitrogens with zero attached hydrogens (tertiary/aromatic N) is 1. The lowest BCUT2D eigenvalue weighted by Gasteiger charge is -2.14. The van der Waals surface area contributed by atoms with Gasteiger partial charge in [-0.05, 0) is 55.0 Å². The standard InChI is InChI=1S/C22H23N3O4S/c26-19-10-11-20(27)25(19)13-14-6-8-15(9-7-14)21(28)23-24-22(29)18-12-16-4-2-1-3-5-17(16)30-18/h6-9,12H,1-5,10-11,13H2,(H,23,28)(H,24,29). The summed E-state index contributed by atoms with van der Waals surface area (Å²) in [5, 5.41) is 0. The molecule has 0 unspecified atom stereocenters. The Morgan fingerprint density at radius 2 is 1.53 bits per heavy atom. The van der Waals surface area contributed by atoms with Gasteiger partial charge in [-0.2, -0.15) is 0 Å². The van der Waals surface area contributed by atoms with Crippen LogP contribution in [0.1, 0.15) is 68.1 Å². The first kappa shape index (κ1) is 20.3. The number of aryl methyl sites for hydroxylation is 2. The molecule has 30 heavy (non-hydrogen) atoms. The van der Waals surface area contributed by atoms with Crippen LogP contribution < -0.4 is 10.9 Å². The molecule has 2 aliphatic rings. The summed E-state index contributed by atoms with van der Waals surface area (Å²) in [6.07, 6.45) is 6.06. The predicted molar refractivity (Wildman–Crippen MR) is 112 cm³/mol. The number of carbonyl (C=O) groups excluding carboxylic acids is 4. The Labute approximate surface area is 178 Å². The molecule has 1 aliphatic carbocycles. The van der Waals surface area contributed by atoms with E-state index in [0.717, 1.165) is 31.2 Å². The molecule has 2 N–H and O–H groups in total. The van der Waals surface area contributed by atoms with E-state index < -0.39 is 5.91 Å². The zero-order valence-corrected chi connectivity index (χ0v) is 17.3. The maximum Gasteiger partial charge on any atom is 0.279 e. The minimum absolute atomic E-state index is 0.171. The highest BCUT2D eigenvalue weighted by Gasteiger charge is 2.28. The van der Waals surface area contributed by atoms with Gasteiger partial charge < -0.3 is 0 Å². The zero-order valence-electron chi connectivity index (χ0n) is 16.5. The first-order chi connectivity index (χ1) is 14.5. The Bertz CT molecular complexity index is 957. The van der Waals surface area contributed by atoms with Crippen LogP contribution >= 0.6 is 11.3 Å². The topological polar surface area (TPSA) is 95.6 Å². The van der Waals surface area contributed by atoms with Crippen LogP contribution in [-0.2, 0) is 29.0 Å². The summed E-state index contributed by atoms with van der Waals surface area (Å²) in [5.41, 5.74) is 7.32. The zero-order chi connectivity index (χ0) is 21.1. The molecule has 4 rings (SSSR count). The van der Waals surface area contributed by atoms with Crippen LogP contribution in [-0.4, -0.2) is 28.5 Å². The number of hydrogen-bond donors (Lipinski definition) is 2. The third kappa shape index (κ3) is 4.43. The molecule has 0 radical (unpaired) electrons. The van der Waals surface area contributed by atoms with Crippen molar-refractivity contribution in [1.29, 1.82) is 0 Å². The van der Waals surface area contributed by atoms with Gasteiger partial charge in [0.05, 0.1) is 11.4 Å². The van der Waals surface area contributed by atoms with Crippen LogP contribution in [0, 0.1) is 0 Å². The Kier molecular flexibility index (Phi) is 5.94. The molecule has 2 heterocycles. The molecule has 156 valence electrons. The molecular formula is C22H23N3O4S. The monoisotopic (exact) mass is 425 g/mol. The van der Waals surface area contributed by atoms with E-state index in [1.54, 1.807) is 24.3 Å². The number of nitrogens with one attached hydrogen (secondary N) is 2. The molecule has 1 saturated heterocycles. The Hall–Kier alpha value is -3.00. The van der Waals surface area contributed by atoms with E-state index in [4.69, 9.17) is 0 Å². The average molecular weight is 426 g/mol. The highest BCUT2D eigenvalue weighted by molar-refractivity contribution is 7.14. The molecular weight excluding hydrogens is 402 g/mol. The number of amides is 4. The third-order valence-electron chi connectivity index (χ3n) is 5.47. The average Bonchev–Trinajstić information content (AvgIpc) is 3.22. The second-order valence-electron chi connectivity index (χ2n) is 7.60. The molecule has 0 saturated carbocycles. The number of fused-ring (bicyclic) bond motifs is 1. The second-order valence-corrected chi connectivity index (χ2v) is 8.74. The van der Waals surface area contributed by atoms with Crippen LogP contribution in [0.4, 0.5) is 0 Å². The Morgan fingerprint density at radius 3 is 2.27 bits per heavy atom. The summed E-state index contributed by atoms with van der Waals surface area (Å²) < 4.78 is 0. The van der Waals surface area contributed by atoms with Crippen molar-refractivity contribution in [2.24, 2.45) is 0 Å². The number of hydrazine groups is 1. The molecule has 1 aromatic carbocycles. The Balaban J connectivity index is 1.32. The summed E-state index contributed by atoms with van der Waals surface area (Å²) >= 11 is 1.50. The van der Waals surface area contributed by atoms with Crippen molar-refractivity contribution >= 4 is 35.0 Å². The highest BCUT2D eigenvalue weighted by atomic mass is 32.1. The van der Waals surface area contributed by atoms with Crippen molar-refractivity contribution in [2.45, 2.75) is 51.5 Å². The number of hydrogen-bond acceptors (Lipinski definition) is 5. The van der Waals surface area contributed by atoms with Gasteiger partial charge in [-0.25, -0.2) is 0 Å². The summed E-state index contributed by atoms with van der Waals surface area (Å²) in [6.45, 7) is 0.208. The smallest absolute Gasteiger partial charge is 0.278 e. The second kappa shape index (κ2) is 8.79. The van der Waals surface area contributed by atoms with E-state index in [1.165, 1.54) is 33.1 Å². The van der Waals surface area contributed by atoms with Gasteiger partial charge in [0.2, 0.25) is 11.8 Å². The van der Waals surface area contributed by atoms with Crippen molar-refractivity contribution in [3.63, 3.8) is 0 Å². The molecule has 0 bridgehead atoms. The highest BCUT2D eigenvalue weighted by Crippen LogP contribution is 2.28. The van der Waals surface area contributed by atoms with Gasteiger partial charge >= 0.3 is 0 Å². The summed E-state index contributed by atoms with van der Waals surface area (Å²) in [6, 6.07) is 8.55. The molecule has 1 fully saturated rings. The quantitative estimate of drug-likeness (QED) is 0.447. The fourth-order valence-corrected chi connectivity index (χ4v) is 4.92. The van der Waals surface area contributed by atoms with Gasteiger partial charge in [0, 0.05) is 23.3 Å². The lowest BCUT2D eigenvalue weighted by atomic mass is 10.1. The fraction of sp³-hybridized carbons (Fsp3) is 0.364. The van der Waals surface area contributed by atoms with Gasteiger partial charge in [0.15, 0.2) is 0 Å². The van der Waals surface area contributed by atoms with Gasteiger partial charge in [-0.1, -0.05) is 18.6 Å². The molecule has 1 aromatic heterocycles. The van der Waals surface area contributed by atoms with Crippen LogP contribution in [0.3, 0.4) is 0 Å². The summed E-state index contributed by atoms with van der Waals surface area (Å²) in [4.78, 5) is 51.3. The number of benzene rings is 1. The number of thiophene rings is 1. The normalized spacial score (nSPS) is 16.2. The molecule has 0 atom stereocenters. The lowest BCUT2D eigenvalue weighted by Crippen LogP contribution is -2.41. The SMILES string of the molecule is O=C(NNC(=O)c1cc2c(s1)CCCCC2)c1ccc(CN2C(=O)CCC2=O)cc1. The van der Waals surface area contributed by atoms with Crippen LogP contribution in [0.2, 0.25) is 0 Å². The molecule has 0 spiro atoms. The van der Waals surface area contributed by atoms with Crippen molar-refractivity contribution < 1.29 is 19.2 Å². The lowest BCUT2D eigenvalue weighted by molar-refractivity contribution is -0.139. The third-order valence-corrected chi connectivity index (χ3v) is 6.71. The van der Waals surface area contributed by atoms with Crippen LogP contribution in [0.15, 0.2) is 30.3 Å². The predicted octanol–water partition coefficient (Wildman–Crippen LogP) is 2.74. The first-order valence-corrected chi connectivity index (χ1v) is 11.0. The van der Waals surface area contributed by atoms with Gasteiger partial charge in [-0.15, -0.1) is 11.3 Å². The van der Waals surface area contributed by atoms with E-state index in [9.17, 15) is 19.2 Å². The largest absolute Gasteiger partial charge is 0.279 e. The van der Waals surface area contributed by atoms with Gasteiger partial charge in [0.25, 0.3) is 11.8 Å². The summed E-state index contributed by atoms with van der Waals surface area (Å²) in [7, 11) is 0. The Morgan fingerprint density at radius 1 is 0.867 bits per heavy atom. The minimum Gasteiger partial charge on any atom is -0.278 e. The van der Waals surface area contributed by atoms with E-state index in [-0.39, 0.29) is 37.1 Å². The number of carbonyl (C=O) groups is 4. The maximum absolute atomic E-state index is 12.4. The van der Waals surface area contributed by atoms with Gasteiger partial charge in [0.1, 0.15) is 0 Å². The van der Waals surface area contributed by atoms with Crippen molar-refractivity contribution in [2.75, 3.05) is 0 Å². The number of likely N-dealkylation sites (tertiary alicyclic amines) is 1. The first-order valence-electron chi connectivity index (χ1n) is 10.2. The van der Waals surface area contributed by atoms with E-state index in [0.29, 0.717) is 10.4 Å². The van der Waals surface area contributed by atoms with Crippen LogP contribution in [0.25, 0.3) is 0 Å². The van der Waals surface area contributed by atoms with Crippen LogP contribution in [0.5, 0.6) is 0 Å². The van der Waals surface area contributed by atoms with E-state index in [2.05, 4.69) is 10.9 Å². The number of rotatable bonds is 4. The van der Waals surface area contributed by atoms with Crippen molar-refractivity contribution in [3.05, 3.63) is 56.8 Å². The van der Waals surface area contributed by atoms with Gasteiger partial charge in [-0.3, -0.25) is 34.9 Å². The molecule has 8 heteroatoms. The van der Waals surface area contributed by atoms with E-state index >= 15 is 0 Å². The maximum atomic E-state index is 12.4. The fourth-order valence-electron chi connectivity index (χ4n) is 3.77. The molecule has 1 aliphatic heterocycles. The molecule has 7 nitrogen and oxygen atoms in total.